The highest BCUT2D eigenvalue weighted by atomic mass is 15.0. The normalized spacial score (nSPS) is 46.9. The molecule has 0 saturated heterocycles. The van der Waals surface area contributed by atoms with E-state index in [2.05, 4.69) is 26.1 Å². The minimum atomic E-state index is 0.612. The maximum Gasteiger partial charge on any atom is 0.0154 e. The molecule has 2 saturated carbocycles. The van der Waals surface area contributed by atoms with Crippen molar-refractivity contribution in [3.8, 4) is 0 Å². The topological polar surface area (TPSA) is 12.0 Å². The zero-order chi connectivity index (χ0) is 10.2. The van der Waals surface area contributed by atoms with E-state index >= 15 is 0 Å². The van der Waals surface area contributed by atoms with Gasteiger partial charge in [-0.1, -0.05) is 33.6 Å². The molecule has 0 bridgehead atoms. The lowest BCUT2D eigenvalue weighted by Crippen LogP contribution is -2.65. The average Bonchev–Trinajstić information content (AvgIpc) is 2.25. The first-order valence-electron chi connectivity index (χ1n) is 6.47. The lowest BCUT2D eigenvalue weighted by molar-refractivity contribution is -0.102. The summed E-state index contributed by atoms with van der Waals surface area (Å²) in [6, 6.07) is 0.822. The lowest BCUT2D eigenvalue weighted by Gasteiger charge is -2.62. The Kier molecular flexibility index (Phi) is 2.88. The highest BCUT2D eigenvalue weighted by Crippen LogP contribution is 2.58. The Labute approximate surface area is 88.7 Å². The predicted molar refractivity (Wildman–Crippen MR) is 61.3 cm³/mol. The summed E-state index contributed by atoms with van der Waals surface area (Å²) in [6.07, 6.45) is 7.29. The third kappa shape index (κ3) is 1.32. The summed E-state index contributed by atoms with van der Waals surface area (Å²) < 4.78 is 0. The van der Waals surface area contributed by atoms with Gasteiger partial charge in [-0.15, -0.1) is 0 Å². The van der Waals surface area contributed by atoms with Gasteiger partial charge in [0.2, 0.25) is 0 Å². The lowest BCUT2D eigenvalue weighted by atomic mass is 9.46. The van der Waals surface area contributed by atoms with E-state index < -0.39 is 0 Å². The fraction of sp³-hybridized carbons (Fsp3) is 1.00. The first-order valence-corrected chi connectivity index (χ1v) is 6.47. The van der Waals surface area contributed by atoms with Gasteiger partial charge in [0.1, 0.15) is 0 Å². The minimum absolute atomic E-state index is 0.612. The average molecular weight is 195 g/mol. The molecule has 0 aromatic carbocycles. The summed E-state index contributed by atoms with van der Waals surface area (Å²) in [4.78, 5) is 0. The van der Waals surface area contributed by atoms with Crippen LogP contribution >= 0.6 is 0 Å². The number of hydrogen-bond acceptors (Lipinski definition) is 1. The van der Waals surface area contributed by atoms with Gasteiger partial charge in [0.15, 0.2) is 0 Å². The molecule has 0 radical (unpaired) electrons. The molecule has 0 heterocycles. The van der Waals surface area contributed by atoms with E-state index in [9.17, 15) is 0 Å². The first-order chi connectivity index (χ1) is 6.74. The van der Waals surface area contributed by atoms with Gasteiger partial charge in [0.05, 0.1) is 0 Å². The van der Waals surface area contributed by atoms with E-state index in [1.165, 1.54) is 32.1 Å². The Morgan fingerprint density at radius 3 is 2.57 bits per heavy atom. The van der Waals surface area contributed by atoms with Gasteiger partial charge in [-0.2, -0.15) is 0 Å². The maximum atomic E-state index is 3.72. The minimum Gasteiger partial charge on any atom is -0.313 e. The molecule has 2 aliphatic carbocycles. The molecule has 2 fully saturated rings. The largest absolute Gasteiger partial charge is 0.313 e. The van der Waals surface area contributed by atoms with Gasteiger partial charge in [-0.3, -0.25) is 0 Å². The second-order valence-electron chi connectivity index (χ2n) is 5.45. The molecule has 14 heavy (non-hydrogen) atoms. The maximum absolute atomic E-state index is 3.72. The van der Waals surface area contributed by atoms with Crippen LogP contribution in [0.5, 0.6) is 0 Å². The van der Waals surface area contributed by atoms with Crippen LogP contribution in [-0.4, -0.2) is 12.6 Å². The van der Waals surface area contributed by atoms with Crippen LogP contribution in [0, 0.1) is 17.3 Å². The van der Waals surface area contributed by atoms with Crippen LogP contribution in [0.2, 0.25) is 0 Å². The summed E-state index contributed by atoms with van der Waals surface area (Å²) in [5.41, 5.74) is 0.612. The smallest absolute Gasteiger partial charge is 0.0154 e. The van der Waals surface area contributed by atoms with Gasteiger partial charge in [0, 0.05) is 6.04 Å². The second kappa shape index (κ2) is 3.84. The van der Waals surface area contributed by atoms with E-state index in [1.807, 2.05) is 0 Å². The predicted octanol–water partition coefficient (Wildman–Crippen LogP) is 3.20. The van der Waals surface area contributed by atoms with E-state index in [-0.39, 0.29) is 0 Å². The van der Waals surface area contributed by atoms with Crippen LogP contribution in [0.4, 0.5) is 0 Å². The molecule has 0 aromatic rings. The molecular weight excluding hydrogens is 170 g/mol. The highest BCUT2D eigenvalue weighted by molar-refractivity contribution is 5.09. The molecule has 2 aliphatic rings. The quantitative estimate of drug-likeness (QED) is 0.729. The van der Waals surface area contributed by atoms with Crippen LogP contribution in [0.1, 0.15) is 52.9 Å². The molecule has 4 unspecified atom stereocenters. The molecule has 0 amide bonds. The van der Waals surface area contributed by atoms with Crippen LogP contribution in [-0.2, 0) is 0 Å². The molecule has 1 nitrogen and oxygen atoms in total. The monoisotopic (exact) mass is 195 g/mol. The summed E-state index contributed by atoms with van der Waals surface area (Å²) in [5.74, 6) is 2.04. The SMILES string of the molecule is CCNC1C2CCCCC2C1(C)CC. The van der Waals surface area contributed by atoms with Gasteiger partial charge in [-0.25, -0.2) is 0 Å². The fourth-order valence-electron chi connectivity index (χ4n) is 4.06. The third-order valence-electron chi connectivity index (χ3n) is 4.99. The number of fused-ring (bicyclic) bond motifs is 1. The highest BCUT2D eigenvalue weighted by Gasteiger charge is 2.57. The summed E-state index contributed by atoms with van der Waals surface area (Å²) in [5, 5.41) is 3.72. The first kappa shape index (κ1) is 10.5. The summed E-state index contributed by atoms with van der Waals surface area (Å²) in [6.45, 7) is 8.26. The van der Waals surface area contributed by atoms with Crippen LogP contribution in [0.15, 0.2) is 0 Å². The Balaban J connectivity index is 2.07. The molecule has 0 aromatic heterocycles. The molecule has 0 spiro atoms. The van der Waals surface area contributed by atoms with Gasteiger partial charge in [0.25, 0.3) is 0 Å². The molecule has 82 valence electrons. The van der Waals surface area contributed by atoms with Crippen molar-refractivity contribution < 1.29 is 0 Å². The van der Waals surface area contributed by atoms with Crippen molar-refractivity contribution in [2.24, 2.45) is 17.3 Å². The van der Waals surface area contributed by atoms with E-state index in [0.717, 1.165) is 24.4 Å². The van der Waals surface area contributed by atoms with Crippen LogP contribution < -0.4 is 5.32 Å². The Hall–Kier alpha value is -0.0400. The van der Waals surface area contributed by atoms with E-state index in [4.69, 9.17) is 0 Å². The summed E-state index contributed by atoms with van der Waals surface area (Å²) >= 11 is 0. The van der Waals surface area contributed by atoms with Gasteiger partial charge in [-0.05, 0) is 43.1 Å². The Morgan fingerprint density at radius 1 is 1.21 bits per heavy atom. The van der Waals surface area contributed by atoms with Crippen molar-refractivity contribution >= 4 is 0 Å². The third-order valence-corrected chi connectivity index (χ3v) is 4.99. The summed E-state index contributed by atoms with van der Waals surface area (Å²) in [7, 11) is 0. The second-order valence-corrected chi connectivity index (χ2v) is 5.45. The van der Waals surface area contributed by atoms with Crippen molar-refractivity contribution in [2.75, 3.05) is 6.54 Å². The van der Waals surface area contributed by atoms with Crippen molar-refractivity contribution in [1.29, 1.82) is 0 Å². The van der Waals surface area contributed by atoms with Gasteiger partial charge >= 0.3 is 0 Å². The van der Waals surface area contributed by atoms with E-state index in [1.54, 1.807) is 0 Å². The van der Waals surface area contributed by atoms with E-state index in [0.29, 0.717) is 5.41 Å². The number of hydrogen-bond donors (Lipinski definition) is 1. The zero-order valence-electron chi connectivity index (χ0n) is 9.97. The number of rotatable bonds is 3. The molecule has 1 heteroatoms. The Morgan fingerprint density at radius 2 is 1.93 bits per heavy atom. The molecule has 2 rings (SSSR count). The van der Waals surface area contributed by atoms with Crippen LogP contribution in [0.25, 0.3) is 0 Å². The van der Waals surface area contributed by atoms with Crippen molar-refractivity contribution in [2.45, 2.75) is 58.9 Å². The fourth-order valence-corrected chi connectivity index (χ4v) is 4.06. The van der Waals surface area contributed by atoms with Crippen molar-refractivity contribution in [3.63, 3.8) is 0 Å². The Bertz CT molecular complexity index is 201. The molecular formula is C13H25N. The van der Waals surface area contributed by atoms with Crippen molar-refractivity contribution in [1.82, 2.24) is 5.32 Å². The molecule has 0 aliphatic heterocycles. The molecule has 1 N–H and O–H groups in total. The van der Waals surface area contributed by atoms with Crippen molar-refractivity contribution in [3.05, 3.63) is 0 Å². The zero-order valence-corrected chi connectivity index (χ0v) is 9.97. The number of nitrogens with one attached hydrogen (secondary N) is 1. The van der Waals surface area contributed by atoms with Crippen LogP contribution in [0.3, 0.4) is 0 Å². The molecule has 4 atom stereocenters. The standard InChI is InChI=1S/C13H25N/c1-4-13(3)11-9-7-6-8-10(11)12(13)14-5-2/h10-12,14H,4-9H2,1-3H3. The van der Waals surface area contributed by atoms with Gasteiger partial charge < -0.3 is 5.32 Å².